The van der Waals surface area contributed by atoms with Crippen LogP contribution in [-0.4, -0.2) is 48.0 Å². The Balaban J connectivity index is 0.000000293. The molecule has 0 spiro atoms. The van der Waals surface area contributed by atoms with Gasteiger partial charge in [-0.15, -0.1) is 34.0 Å². The number of anilines is 6. The van der Waals surface area contributed by atoms with Crippen LogP contribution in [0.4, 0.5) is 32.5 Å². The van der Waals surface area contributed by atoms with E-state index in [0.29, 0.717) is 87.1 Å². The molecule has 3 heterocycles. The molecule has 3 amide bonds. The molecule has 0 bridgehead atoms. The summed E-state index contributed by atoms with van der Waals surface area (Å²) in [5.74, 6) is -0.461. The highest BCUT2D eigenvalue weighted by Gasteiger charge is 2.13. The van der Waals surface area contributed by atoms with Gasteiger partial charge in [0.25, 0.3) is 0 Å². The van der Waals surface area contributed by atoms with Crippen molar-refractivity contribution in [3.05, 3.63) is 230 Å². The average molecular weight is 1240 g/mol. The summed E-state index contributed by atoms with van der Waals surface area (Å²) in [7, 11) is 0. The molecule has 0 aliphatic carbocycles. The second-order valence-corrected chi connectivity index (χ2v) is 22.1. The molecule has 0 radical (unpaired) electrons. The van der Waals surface area contributed by atoms with Gasteiger partial charge in [0.05, 0.1) is 57.3 Å². The highest BCUT2D eigenvalue weighted by Crippen LogP contribution is 2.24. The molecule has 3 atom stereocenters. The van der Waals surface area contributed by atoms with E-state index in [0.717, 1.165) is 41.6 Å². The topological polar surface area (TPSA) is 265 Å². The van der Waals surface area contributed by atoms with Crippen LogP contribution in [0.1, 0.15) is 157 Å². The fraction of sp³-hybridized carbons (Fsp3) is 0.304. The number of thiazole rings is 3. The Morgan fingerprint density at radius 1 is 0.425 bits per heavy atom. The summed E-state index contributed by atoms with van der Waals surface area (Å²) in [4.78, 5) is 48.5. The number of unbranched alkanes of at least 4 members (excludes halogenated alkanes) is 1. The van der Waals surface area contributed by atoms with Crippen molar-refractivity contribution in [2.24, 2.45) is 0 Å². The summed E-state index contributed by atoms with van der Waals surface area (Å²) in [6, 6.07) is 48.8. The Labute approximate surface area is 534 Å². The number of hydrogen-bond donors (Lipinski definition) is 9. The molecule has 18 heteroatoms. The van der Waals surface area contributed by atoms with Crippen molar-refractivity contribution in [3.63, 3.8) is 0 Å². The number of aliphatic hydroxyl groups excluding tert-OH is 1. The van der Waals surface area contributed by atoms with Gasteiger partial charge in [-0.2, -0.15) is 0 Å². The van der Waals surface area contributed by atoms with E-state index in [1.54, 1.807) is 95.0 Å². The molecule has 3 aromatic heterocycles. The van der Waals surface area contributed by atoms with Crippen LogP contribution in [0, 0.1) is 0 Å². The number of carbonyl (C=O) groups excluding carboxylic acids is 3. The molecule has 12 N–H and O–H groups in total. The van der Waals surface area contributed by atoms with E-state index < -0.39 is 31.0 Å². The van der Waals surface area contributed by atoms with Crippen molar-refractivity contribution in [3.8, 4) is 0 Å². The first-order chi connectivity index (χ1) is 42.9. The summed E-state index contributed by atoms with van der Waals surface area (Å²) >= 11 is 3.93. The number of nitrogens with one attached hydrogen (secondary N) is 3. The third-order valence-electron chi connectivity index (χ3n) is 12.8. The second-order valence-electron chi connectivity index (χ2n) is 19.4. The molecule has 87 heavy (non-hydrogen) atoms. The SMILES string of the molecule is C.C.C.[2H]C([2H])(CCCc1ccc(NC(=O)Cc2csc(N)n2)cc1)[C@H](O)c1ccccc1.[2H]C([2H])(CCCc1ccc(NC(=O)Cc2csc(N)n2)cc1)[C@]([2H])(O)c1ccccc1.[2H][C@](O)(CCCCc1ccc(NC(=O)Cc2csc(N)n2)cc1)c1ccccc1. The highest BCUT2D eigenvalue weighted by atomic mass is 32.1. The van der Waals surface area contributed by atoms with Crippen molar-refractivity contribution in [1.29, 1.82) is 0 Å². The molecule has 6 aromatic carbocycles. The molecule has 0 aliphatic rings. The minimum Gasteiger partial charge on any atom is -0.388 e. The number of aromatic nitrogens is 3. The number of aryl methyl sites for hydroxylation is 3. The average Bonchev–Trinajstić information content (AvgIpc) is 1.16. The molecule has 9 aromatic rings. The fourth-order valence-electron chi connectivity index (χ4n) is 8.46. The lowest BCUT2D eigenvalue weighted by atomic mass is 10.0. The number of benzene rings is 6. The minimum atomic E-state index is -2.32. The van der Waals surface area contributed by atoms with E-state index in [1.165, 1.54) is 34.0 Å². The van der Waals surface area contributed by atoms with Crippen LogP contribution in [-0.2, 0) is 52.9 Å². The molecule has 0 aliphatic heterocycles. The number of nitrogens with two attached hydrogens (primary N) is 3. The van der Waals surface area contributed by atoms with Crippen molar-refractivity contribution in [2.75, 3.05) is 33.2 Å². The molecule has 0 fully saturated rings. The molecule has 0 saturated heterocycles. The third kappa shape index (κ3) is 26.6. The lowest BCUT2D eigenvalue weighted by Crippen LogP contribution is -2.14. The number of rotatable bonds is 27. The molecule has 9 rings (SSSR count). The van der Waals surface area contributed by atoms with Crippen LogP contribution < -0.4 is 33.2 Å². The lowest BCUT2D eigenvalue weighted by molar-refractivity contribution is -0.116. The molecular weight excluding hydrogens is 1150 g/mol. The summed E-state index contributed by atoms with van der Waals surface area (Å²) in [6.45, 7) is 0. The van der Waals surface area contributed by atoms with Gasteiger partial charge in [-0.3, -0.25) is 14.4 Å². The van der Waals surface area contributed by atoms with Crippen LogP contribution in [0.3, 0.4) is 0 Å². The summed E-state index contributed by atoms with van der Waals surface area (Å²) in [5, 5.41) is 46.3. The van der Waals surface area contributed by atoms with E-state index in [2.05, 4.69) is 30.9 Å². The number of aliphatic hydroxyl groups is 3. The normalized spacial score (nSPS) is 13.6. The van der Waals surface area contributed by atoms with Crippen molar-refractivity contribution < 1.29 is 37.9 Å². The maximum absolute atomic E-state index is 12.1. The van der Waals surface area contributed by atoms with E-state index in [1.807, 2.05) is 84.9 Å². The van der Waals surface area contributed by atoms with Crippen LogP contribution in [0.2, 0.25) is 0 Å². The smallest absolute Gasteiger partial charge is 0.230 e. The third-order valence-corrected chi connectivity index (χ3v) is 14.9. The van der Waals surface area contributed by atoms with Gasteiger partial charge < -0.3 is 48.5 Å². The van der Waals surface area contributed by atoms with Gasteiger partial charge in [0.15, 0.2) is 15.4 Å². The van der Waals surface area contributed by atoms with Crippen LogP contribution >= 0.6 is 34.0 Å². The van der Waals surface area contributed by atoms with Gasteiger partial charge in [-0.05, 0) is 127 Å². The number of amides is 3. The minimum absolute atomic E-state index is 0. The van der Waals surface area contributed by atoms with Gasteiger partial charge in [0, 0.05) is 38.7 Å². The maximum Gasteiger partial charge on any atom is 0.230 e. The molecule has 0 saturated carbocycles. The number of nitrogen functional groups attached to an aromatic ring is 3. The maximum atomic E-state index is 12.1. The van der Waals surface area contributed by atoms with Crippen molar-refractivity contribution in [1.82, 2.24) is 15.0 Å². The second kappa shape index (κ2) is 38.8. The van der Waals surface area contributed by atoms with Crippen LogP contribution in [0.15, 0.2) is 180 Å². The van der Waals surface area contributed by atoms with Gasteiger partial charge in [0.1, 0.15) is 0 Å². The van der Waals surface area contributed by atoms with Crippen molar-refractivity contribution in [2.45, 2.75) is 137 Å². The predicted octanol–water partition coefficient (Wildman–Crippen LogP) is 15.0. The summed E-state index contributed by atoms with van der Waals surface area (Å²) in [6.07, 6.45) is -2.74. The first-order valence-corrected chi connectivity index (χ1v) is 30.1. The highest BCUT2D eigenvalue weighted by molar-refractivity contribution is 7.14. The molecule has 15 nitrogen and oxygen atoms in total. The van der Waals surface area contributed by atoms with E-state index >= 15 is 0 Å². The first kappa shape index (κ1) is 62.0. The molecular formula is C69H87N9O6S3. The zero-order chi connectivity index (χ0) is 64.7. The number of nitrogens with zero attached hydrogens (tertiary/aromatic N) is 3. The monoisotopic (exact) mass is 1240 g/mol. The van der Waals surface area contributed by atoms with Gasteiger partial charge in [-0.25, -0.2) is 15.0 Å². The Morgan fingerprint density at radius 3 is 1.07 bits per heavy atom. The zero-order valence-corrected chi connectivity index (χ0v) is 48.9. The first-order valence-electron chi connectivity index (χ1n) is 30.5. The van der Waals surface area contributed by atoms with Gasteiger partial charge >= 0.3 is 0 Å². The lowest BCUT2D eigenvalue weighted by Gasteiger charge is -2.10. The quantitative estimate of drug-likeness (QED) is 0.0218. The number of carbonyl (C=O) groups is 3. The van der Waals surface area contributed by atoms with Gasteiger partial charge in [0.2, 0.25) is 17.7 Å². The van der Waals surface area contributed by atoms with Crippen LogP contribution in [0.25, 0.3) is 0 Å². The van der Waals surface area contributed by atoms with Crippen molar-refractivity contribution >= 4 is 84.2 Å². The van der Waals surface area contributed by atoms with Crippen LogP contribution in [0.5, 0.6) is 0 Å². The van der Waals surface area contributed by atoms with Gasteiger partial charge in [-0.1, -0.05) is 169 Å². The zero-order valence-electron chi connectivity index (χ0n) is 52.5. The predicted molar refractivity (Wildman–Crippen MR) is 363 cm³/mol. The van der Waals surface area contributed by atoms with E-state index in [9.17, 15) is 29.7 Å². The Morgan fingerprint density at radius 2 is 0.736 bits per heavy atom. The molecule has 462 valence electrons. The summed E-state index contributed by atoms with van der Waals surface area (Å²) < 4.78 is 49.1. The number of hydrogen-bond acceptors (Lipinski definition) is 15. The Kier molecular flexibility index (Phi) is 27.7. The largest absolute Gasteiger partial charge is 0.388 e. The van der Waals surface area contributed by atoms with E-state index in [-0.39, 0.29) is 77.7 Å². The fourth-order valence-corrected chi connectivity index (χ4v) is 10.2. The van der Waals surface area contributed by atoms with E-state index in [4.69, 9.17) is 25.4 Å². The standard InChI is InChI=1S/3C22H25N3O2S.3CH4/c3*23-22-25-19(15-28-22)14-21(27)24-18-12-10-16(11-13-18)6-4-5-9-20(26)17-7-2-1-3-8-17;;;/h3*1-3,7-8,10-13,15,20,26H,4-6,9,14H2,(H2,23,25)(H,24,27);3*1H4/t3*20-;;;/m000.../s1/i9D2,20D;20D;9D2;;;. The Bertz CT molecular complexity index is 3660. The molecule has 0 unspecified atom stereocenters. The Hall–Kier alpha value is -8.10. The summed E-state index contributed by atoms with van der Waals surface area (Å²) in [5.41, 5.74) is 25.4.